The molecule has 0 radical (unpaired) electrons. The second kappa shape index (κ2) is 13.0. The van der Waals surface area contributed by atoms with Crippen LogP contribution in [0.1, 0.15) is 43.7 Å². The number of carbonyl (C=O) groups is 3. The normalized spacial score (nSPS) is 11.4. The molecule has 184 valence electrons. The zero-order valence-corrected chi connectivity index (χ0v) is 20.0. The third-order valence-corrected chi connectivity index (χ3v) is 4.31. The van der Waals surface area contributed by atoms with Gasteiger partial charge in [-0.25, -0.2) is 4.98 Å². The number of nitrogens with one attached hydrogen (secondary N) is 1. The van der Waals surface area contributed by atoms with Crippen molar-refractivity contribution < 1.29 is 38.1 Å². The molecule has 0 fully saturated rings. The predicted octanol–water partition coefficient (Wildman–Crippen LogP) is 2.68. The molecule has 34 heavy (non-hydrogen) atoms. The van der Waals surface area contributed by atoms with Gasteiger partial charge in [0.25, 0.3) is 5.91 Å². The third-order valence-electron chi connectivity index (χ3n) is 4.31. The molecule has 1 aromatic heterocycles. The summed E-state index contributed by atoms with van der Waals surface area (Å²) in [6, 6.07) is 9.04. The average molecular weight is 475 g/mol. The Balaban J connectivity index is 1.89. The van der Waals surface area contributed by atoms with Crippen LogP contribution in [0.2, 0.25) is 0 Å². The summed E-state index contributed by atoms with van der Waals surface area (Å²) in [4.78, 5) is 39.7. The van der Waals surface area contributed by atoms with Crippen LogP contribution in [0.25, 0.3) is 0 Å². The molecule has 0 aliphatic carbocycles. The van der Waals surface area contributed by atoms with Crippen molar-refractivity contribution in [2.75, 3.05) is 20.4 Å². The number of benzene rings is 1. The molecule has 1 N–H and O–H groups in total. The first kappa shape index (κ1) is 26.4. The zero-order chi connectivity index (χ0) is 25.1. The zero-order valence-electron chi connectivity index (χ0n) is 20.0. The van der Waals surface area contributed by atoms with Crippen molar-refractivity contribution in [1.29, 1.82) is 0 Å². The van der Waals surface area contributed by atoms with E-state index in [0.717, 1.165) is 11.3 Å². The predicted molar refractivity (Wildman–Crippen MR) is 122 cm³/mol. The highest BCUT2D eigenvalue weighted by atomic mass is 16.7. The summed E-state index contributed by atoms with van der Waals surface area (Å²) >= 11 is 0. The van der Waals surface area contributed by atoms with E-state index in [1.54, 1.807) is 6.92 Å². The number of nitrogens with zero attached hydrogens (tertiary/aromatic N) is 1. The van der Waals surface area contributed by atoms with E-state index in [4.69, 9.17) is 23.7 Å². The van der Waals surface area contributed by atoms with Crippen molar-refractivity contribution in [1.82, 2.24) is 10.3 Å². The molecule has 1 amide bonds. The van der Waals surface area contributed by atoms with E-state index < -0.39 is 30.7 Å². The molecule has 2 rings (SSSR count). The van der Waals surface area contributed by atoms with Gasteiger partial charge in [-0.2, -0.15) is 0 Å². The molecule has 0 saturated carbocycles. The summed E-state index contributed by atoms with van der Waals surface area (Å²) in [5.41, 5.74) is 0.853. The summed E-state index contributed by atoms with van der Waals surface area (Å²) < 4.78 is 26.2. The maximum atomic E-state index is 12.6. The Kier molecular flexibility index (Phi) is 10.1. The van der Waals surface area contributed by atoms with Crippen LogP contribution in [0.4, 0.5) is 0 Å². The smallest absolute Gasteiger partial charge is 0.325 e. The lowest BCUT2D eigenvalue weighted by molar-refractivity contribution is -0.148. The number of pyridine rings is 1. The first-order valence-electron chi connectivity index (χ1n) is 10.7. The van der Waals surface area contributed by atoms with Crippen LogP contribution in [-0.4, -0.2) is 55.5 Å². The van der Waals surface area contributed by atoms with Crippen molar-refractivity contribution in [2.45, 2.75) is 46.3 Å². The first-order valence-corrected chi connectivity index (χ1v) is 10.7. The molecule has 2 aromatic rings. The number of hydrogen-bond acceptors (Lipinski definition) is 9. The van der Waals surface area contributed by atoms with Crippen LogP contribution in [-0.2, 0) is 25.5 Å². The van der Waals surface area contributed by atoms with E-state index in [2.05, 4.69) is 10.3 Å². The summed E-state index contributed by atoms with van der Waals surface area (Å²) in [6.45, 7) is 6.10. The molecular weight excluding hydrogens is 444 g/mol. The van der Waals surface area contributed by atoms with E-state index in [9.17, 15) is 14.4 Å². The van der Waals surface area contributed by atoms with Crippen LogP contribution in [0, 0.1) is 0 Å². The molecule has 10 heteroatoms. The molecule has 1 heterocycles. The molecule has 0 bridgehead atoms. The number of hydrogen-bond donors (Lipinski definition) is 1. The summed E-state index contributed by atoms with van der Waals surface area (Å²) in [5, 5.41) is 2.45. The highest BCUT2D eigenvalue weighted by Gasteiger charge is 2.21. The van der Waals surface area contributed by atoms with Crippen molar-refractivity contribution in [3.8, 4) is 17.2 Å². The maximum absolute atomic E-state index is 12.6. The van der Waals surface area contributed by atoms with Crippen LogP contribution in [0.5, 0.6) is 17.2 Å². The molecule has 0 aliphatic heterocycles. The minimum atomic E-state index is -0.679. The van der Waals surface area contributed by atoms with Gasteiger partial charge >= 0.3 is 11.9 Å². The molecule has 1 aromatic carbocycles. The molecule has 1 unspecified atom stereocenters. The van der Waals surface area contributed by atoms with Crippen molar-refractivity contribution in [3.63, 3.8) is 0 Å². The minimum Gasteiger partial charge on any atom is -0.493 e. The van der Waals surface area contributed by atoms with Crippen LogP contribution >= 0.6 is 0 Å². The quantitative estimate of drug-likeness (QED) is 0.365. The van der Waals surface area contributed by atoms with Crippen LogP contribution < -0.4 is 19.5 Å². The molecule has 0 spiro atoms. The Morgan fingerprint density at radius 1 is 1.06 bits per heavy atom. The van der Waals surface area contributed by atoms with Gasteiger partial charge < -0.3 is 29.0 Å². The van der Waals surface area contributed by atoms with Gasteiger partial charge in [0.15, 0.2) is 17.2 Å². The van der Waals surface area contributed by atoms with Crippen molar-refractivity contribution in [3.05, 3.63) is 47.8 Å². The number of esters is 2. The fourth-order valence-corrected chi connectivity index (χ4v) is 2.92. The second-order valence-corrected chi connectivity index (χ2v) is 7.59. The Morgan fingerprint density at radius 2 is 1.76 bits per heavy atom. The Hall–Kier alpha value is -3.82. The van der Waals surface area contributed by atoms with Gasteiger partial charge in [0.1, 0.15) is 18.4 Å². The van der Waals surface area contributed by atoms with Crippen molar-refractivity contribution in [2.24, 2.45) is 0 Å². The lowest BCUT2D eigenvalue weighted by Gasteiger charge is -2.15. The van der Waals surface area contributed by atoms with Crippen LogP contribution in [0.15, 0.2) is 36.5 Å². The number of amides is 1. The lowest BCUT2D eigenvalue weighted by Crippen LogP contribution is -2.33. The van der Waals surface area contributed by atoms with Crippen molar-refractivity contribution >= 4 is 17.8 Å². The van der Waals surface area contributed by atoms with Gasteiger partial charge in [-0.3, -0.25) is 14.4 Å². The molecule has 0 saturated heterocycles. The minimum absolute atomic E-state index is 0.0182. The number of methoxy groups -OCH3 is 1. The Labute approximate surface area is 198 Å². The number of ether oxygens (including phenoxy) is 5. The van der Waals surface area contributed by atoms with E-state index in [1.807, 2.05) is 38.1 Å². The van der Waals surface area contributed by atoms with E-state index in [-0.39, 0.29) is 29.8 Å². The third kappa shape index (κ3) is 8.61. The molecule has 1 atom stereocenters. The number of carbonyl (C=O) groups excluding carboxylic acids is 3. The highest BCUT2D eigenvalue weighted by molar-refractivity contribution is 5.97. The lowest BCUT2D eigenvalue weighted by atomic mass is 10.1. The molecule has 0 aliphatic rings. The van der Waals surface area contributed by atoms with Gasteiger partial charge in [0.2, 0.25) is 6.79 Å². The summed E-state index contributed by atoms with van der Waals surface area (Å²) in [6.07, 6.45) is 1.54. The van der Waals surface area contributed by atoms with Gasteiger partial charge in [-0.05, 0) is 38.5 Å². The van der Waals surface area contributed by atoms with Gasteiger partial charge in [-0.1, -0.05) is 12.1 Å². The second-order valence-electron chi connectivity index (χ2n) is 7.59. The molecule has 10 nitrogen and oxygen atoms in total. The molecular formula is C24H30N2O8. The topological polar surface area (TPSA) is 122 Å². The van der Waals surface area contributed by atoms with Gasteiger partial charge in [-0.15, -0.1) is 0 Å². The number of aromatic nitrogens is 1. The highest BCUT2D eigenvalue weighted by Crippen LogP contribution is 2.29. The standard InChI is InChI=1S/C24H30N2O8/c1-15(2)33-19-8-6-18(7-9-19)12-16(3)34-21(28)13-26-24(29)22-23(32-14-31-17(4)27)20(30-5)10-11-25-22/h6-11,15-16H,12-14H2,1-5H3,(H,26,29). The fourth-order valence-electron chi connectivity index (χ4n) is 2.92. The fraction of sp³-hybridized carbons (Fsp3) is 0.417. The van der Waals surface area contributed by atoms with E-state index >= 15 is 0 Å². The van der Waals surface area contributed by atoms with Gasteiger partial charge in [0.05, 0.1) is 13.2 Å². The first-order chi connectivity index (χ1) is 16.2. The van der Waals surface area contributed by atoms with Crippen LogP contribution in [0.3, 0.4) is 0 Å². The Morgan fingerprint density at radius 3 is 2.38 bits per heavy atom. The van der Waals surface area contributed by atoms with Gasteiger partial charge in [0, 0.05) is 25.6 Å². The summed E-state index contributed by atoms with van der Waals surface area (Å²) in [5.74, 6) is -0.865. The maximum Gasteiger partial charge on any atom is 0.325 e. The average Bonchev–Trinajstić information content (AvgIpc) is 2.78. The van der Waals surface area contributed by atoms with E-state index in [0.29, 0.717) is 6.42 Å². The number of rotatable bonds is 12. The van der Waals surface area contributed by atoms with E-state index in [1.165, 1.54) is 26.3 Å². The monoisotopic (exact) mass is 474 g/mol. The largest absolute Gasteiger partial charge is 0.493 e. The summed E-state index contributed by atoms with van der Waals surface area (Å²) in [7, 11) is 1.39. The Bertz CT molecular complexity index is 975. The SMILES string of the molecule is COc1ccnc(C(=O)NCC(=O)OC(C)Cc2ccc(OC(C)C)cc2)c1OCOC(C)=O.